The average molecular weight is 508 g/mol. The van der Waals surface area contributed by atoms with E-state index in [1.807, 2.05) is 17.7 Å². The minimum Gasteiger partial charge on any atom is -0.495 e. The summed E-state index contributed by atoms with van der Waals surface area (Å²) < 4.78 is 43.3. The molecule has 0 aliphatic carbocycles. The van der Waals surface area contributed by atoms with Gasteiger partial charge in [0, 0.05) is 6.08 Å². The fraction of sp³-hybridized carbons (Fsp3) is 0.154. The van der Waals surface area contributed by atoms with Gasteiger partial charge in [-0.15, -0.1) is 0 Å². The monoisotopic (exact) mass is 507 g/mol. The summed E-state index contributed by atoms with van der Waals surface area (Å²) >= 11 is 0. The highest BCUT2D eigenvalue weighted by atomic mass is 32.2. The van der Waals surface area contributed by atoms with E-state index in [-0.39, 0.29) is 10.6 Å². The number of anilines is 1. The molecule has 0 aliphatic heterocycles. The smallest absolute Gasteiger partial charge is 0.333 e. The molecule has 9 nitrogen and oxygen atoms in total. The van der Waals surface area contributed by atoms with Crippen molar-refractivity contribution >= 4 is 27.3 Å². The third-order valence-electron chi connectivity index (χ3n) is 5.02. The molecule has 0 aliphatic rings. The third kappa shape index (κ3) is 6.14. The maximum absolute atomic E-state index is 12.6. The van der Waals surface area contributed by atoms with Crippen molar-refractivity contribution in [3.63, 3.8) is 0 Å². The van der Waals surface area contributed by atoms with Crippen LogP contribution in [0.4, 0.5) is 10.5 Å². The lowest BCUT2D eigenvalue weighted by molar-refractivity contribution is 0.256. The first kappa shape index (κ1) is 26.1. The van der Waals surface area contributed by atoms with E-state index >= 15 is 0 Å². The molecule has 0 saturated heterocycles. The number of carbonyl (C=O) groups is 1. The number of benzene rings is 3. The van der Waals surface area contributed by atoms with Crippen LogP contribution in [-0.2, 0) is 10.0 Å². The number of nitrogens with zero attached hydrogens (tertiary/aromatic N) is 1. The molecule has 3 aromatic rings. The normalized spacial score (nSPS) is 11.2. The van der Waals surface area contributed by atoms with Crippen molar-refractivity contribution in [2.24, 2.45) is 0 Å². The first-order chi connectivity index (χ1) is 17.3. The van der Waals surface area contributed by atoms with Crippen LogP contribution in [0.1, 0.15) is 18.1 Å². The maximum atomic E-state index is 12.6. The number of urea groups is 1. The molecule has 10 heteroatoms. The molecule has 0 aromatic heterocycles. The van der Waals surface area contributed by atoms with Crippen molar-refractivity contribution in [2.75, 3.05) is 26.1 Å². The molecular weight excluding hydrogens is 482 g/mol. The Labute approximate surface area is 210 Å². The molecule has 3 aromatic carbocycles. The van der Waals surface area contributed by atoms with Gasteiger partial charge in [-0.2, -0.15) is 5.26 Å². The predicted octanol–water partition coefficient (Wildman–Crippen LogP) is 4.57. The molecule has 0 fully saturated rings. The topological polar surface area (TPSA) is 127 Å². The molecule has 0 heterocycles. The number of rotatable bonds is 9. The fourth-order valence-electron chi connectivity index (χ4n) is 3.41. The van der Waals surface area contributed by atoms with Gasteiger partial charge in [0.25, 0.3) is 10.0 Å². The second kappa shape index (κ2) is 11.8. The van der Waals surface area contributed by atoms with Crippen LogP contribution in [-0.4, -0.2) is 35.3 Å². The second-order valence-electron chi connectivity index (χ2n) is 7.27. The van der Waals surface area contributed by atoms with Crippen LogP contribution in [0.25, 0.3) is 5.57 Å². The van der Waals surface area contributed by atoms with E-state index in [4.69, 9.17) is 14.2 Å². The Hall–Kier alpha value is -4.49. The Bertz CT molecular complexity index is 1410. The number of carbonyl (C=O) groups excluding carboxylic acids is 1. The summed E-state index contributed by atoms with van der Waals surface area (Å²) in [4.78, 5) is 12.5. The van der Waals surface area contributed by atoms with E-state index in [0.717, 1.165) is 0 Å². The van der Waals surface area contributed by atoms with Crippen LogP contribution >= 0.6 is 0 Å². The van der Waals surface area contributed by atoms with Gasteiger partial charge in [0.05, 0.1) is 37.5 Å². The van der Waals surface area contributed by atoms with Crippen molar-refractivity contribution in [2.45, 2.75) is 11.8 Å². The first-order valence-corrected chi connectivity index (χ1v) is 12.3. The molecule has 36 heavy (non-hydrogen) atoms. The molecule has 0 bridgehead atoms. The number of amides is 2. The van der Waals surface area contributed by atoms with Crippen molar-refractivity contribution in [3.05, 3.63) is 83.9 Å². The van der Waals surface area contributed by atoms with Crippen molar-refractivity contribution in [1.29, 1.82) is 5.26 Å². The fourth-order valence-corrected chi connectivity index (χ4v) is 4.34. The van der Waals surface area contributed by atoms with Crippen molar-refractivity contribution in [3.8, 4) is 23.3 Å². The van der Waals surface area contributed by atoms with Gasteiger partial charge in [-0.05, 0) is 60.0 Å². The highest BCUT2D eigenvalue weighted by molar-refractivity contribution is 7.90. The van der Waals surface area contributed by atoms with Crippen LogP contribution in [0, 0.1) is 11.3 Å². The molecule has 0 saturated carbocycles. The lowest BCUT2D eigenvalue weighted by Gasteiger charge is -2.16. The van der Waals surface area contributed by atoms with Crippen molar-refractivity contribution in [1.82, 2.24) is 4.72 Å². The number of hydrogen-bond acceptors (Lipinski definition) is 7. The summed E-state index contributed by atoms with van der Waals surface area (Å²) in [5, 5.41) is 11.9. The van der Waals surface area contributed by atoms with Gasteiger partial charge in [0.15, 0.2) is 11.5 Å². The first-order valence-electron chi connectivity index (χ1n) is 10.8. The summed E-state index contributed by atoms with van der Waals surface area (Å²) in [7, 11) is -1.12. The van der Waals surface area contributed by atoms with Gasteiger partial charge >= 0.3 is 6.03 Å². The van der Waals surface area contributed by atoms with Crippen LogP contribution in [0.5, 0.6) is 17.2 Å². The largest absolute Gasteiger partial charge is 0.495 e. The quantitative estimate of drug-likeness (QED) is 0.406. The molecule has 0 unspecified atom stereocenters. The Morgan fingerprint density at radius 3 is 2.19 bits per heavy atom. The highest BCUT2D eigenvalue weighted by Gasteiger charge is 2.19. The third-order valence-corrected chi connectivity index (χ3v) is 6.37. The van der Waals surface area contributed by atoms with E-state index in [9.17, 15) is 18.5 Å². The lowest BCUT2D eigenvalue weighted by Crippen LogP contribution is -2.34. The van der Waals surface area contributed by atoms with E-state index in [1.165, 1.54) is 32.4 Å². The lowest BCUT2D eigenvalue weighted by atomic mass is 9.96. The molecule has 2 amide bonds. The number of sulfonamides is 1. The molecule has 2 N–H and O–H groups in total. The molecule has 0 radical (unpaired) electrons. The molecule has 3 rings (SSSR count). The van der Waals surface area contributed by atoms with Gasteiger partial charge in [-0.3, -0.25) is 0 Å². The van der Waals surface area contributed by atoms with E-state index in [2.05, 4.69) is 5.32 Å². The van der Waals surface area contributed by atoms with Crippen LogP contribution in [0.2, 0.25) is 0 Å². The SMILES string of the molecule is CCOc1cc(C(=CC#N)c2ccc(OC)c(NC(=O)NS(=O)(=O)c3ccccc3)c2)ccc1OC. The summed E-state index contributed by atoms with van der Waals surface area (Å²) in [6.07, 6.45) is 1.36. The Morgan fingerprint density at radius 1 is 0.944 bits per heavy atom. The van der Waals surface area contributed by atoms with E-state index < -0.39 is 16.1 Å². The van der Waals surface area contributed by atoms with Crippen LogP contribution in [0.15, 0.2) is 77.7 Å². The molecule has 0 atom stereocenters. The summed E-state index contributed by atoms with van der Waals surface area (Å²) in [6, 6.07) is 18.8. The number of nitrogens with one attached hydrogen (secondary N) is 2. The summed E-state index contributed by atoms with van der Waals surface area (Å²) in [5.41, 5.74) is 2.00. The Balaban J connectivity index is 1.95. The molecule has 0 spiro atoms. The van der Waals surface area contributed by atoms with Gasteiger partial charge in [0.2, 0.25) is 0 Å². The van der Waals surface area contributed by atoms with Gasteiger partial charge in [-0.1, -0.05) is 30.3 Å². The Morgan fingerprint density at radius 2 is 1.58 bits per heavy atom. The second-order valence-corrected chi connectivity index (χ2v) is 8.96. The summed E-state index contributed by atoms with van der Waals surface area (Å²) in [6.45, 7) is 2.28. The minimum atomic E-state index is -4.08. The standard InChI is InChI=1S/C26H25N3O6S/c1-4-35-25-17-19(11-13-24(25)34-3)21(14-15-27)18-10-12-23(33-2)22(16-18)28-26(30)29-36(31,32)20-8-6-5-7-9-20/h5-14,16-17H,4H2,1-3H3,(H2,28,29,30). The van der Waals surface area contributed by atoms with Gasteiger partial charge < -0.3 is 19.5 Å². The van der Waals surface area contributed by atoms with Gasteiger partial charge in [-0.25, -0.2) is 17.9 Å². The maximum Gasteiger partial charge on any atom is 0.333 e. The number of nitriles is 1. The van der Waals surface area contributed by atoms with E-state index in [0.29, 0.717) is 40.6 Å². The number of allylic oxidation sites excluding steroid dienone is 1. The zero-order chi connectivity index (χ0) is 26.1. The van der Waals surface area contributed by atoms with Crippen LogP contribution < -0.4 is 24.2 Å². The zero-order valence-electron chi connectivity index (χ0n) is 19.9. The Kier molecular flexibility index (Phi) is 8.54. The molecular formula is C26H25N3O6S. The van der Waals surface area contributed by atoms with E-state index in [1.54, 1.807) is 54.6 Å². The van der Waals surface area contributed by atoms with Crippen molar-refractivity contribution < 1.29 is 27.4 Å². The van der Waals surface area contributed by atoms with Crippen LogP contribution in [0.3, 0.4) is 0 Å². The highest BCUT2D eigenvalue weighted by Crippen LogP contribution is 2.35. The zero-order valence-corrected chi connectivity index (χ0v) is 20.8. The summed E-state index contributed by atoms with van der Waals surface area (Å²) in [5.74, 6) is 1.36. The molecule has 186 valence electrons. The number of methoxy groups -OCH3 is 2. The minimum absolute atomic E-state index is 0.0512. The number of ether oxygens (including phenoxy) is 3. The average Bonchev–Trinajstić information content (AvgIpc) is 2.87. The van der Waals surface area contributed by atoms with Gasteiger partial charge in [0.1, 0.15) is 5.75 Å². The number of hydrogen-bond donors (Lipinski definition) is 2. The predicted molar refractivity (Wildman–Crippen MR) is 136 cm³/mol.